The summed E-state index contributed by atoms with van der Waals surface area (Å²) in [6, 6.07) is 0. The minimum Gasteiger partial charge on any atom is -0.756 e. The second-order valence-corrected chi connectivity index (χ2v) is 6.40. The lowest BCUT2D eigenvalue weighted by atomic mass is 10.0. The van der Waals surface area contributed by atoms with Gasteiger partial charge < -0.3 is 24.4 Å². The van der Waals surface area contributed by atoms with Gasteiger partial charge in [-0.2, -0.15) is 0 Å². The molecule has 2 atom stereocenters. The van der Waals surface area contributed by atoms with Crippen molar-refractivity contribution in [2.75, 3.05) is 33.4 Å². The van der Waals surface area contributed by atoms with Gasteiger partial charge in [0.1, 0.15) is 0 Å². The third kappa shape index (κ3) is 13.0. The Morgan fingerprint density at radius 1 is 1.48 bits per heavy atom. The molecule has 11 heteroatoms. The molecule has 23 heavy (non-hydrogen) atoms. The van der Waals surface area contributed by atoms with Crippen LogP contribution < -0.4 is 10.2 Å². The maximum Gasteiger partial charge on any atom is 0.267 e. The van der Waals surface area contributed by atoms with E-state index in [4.69, 9.17) is 10.6 Å². The molecule has 0 aliphatic carbocycles. The van der Waals surface area contributed by atoms with Gasteiger partial charge >= 0.3 is 0 Å². The topological polar surface area (TPSA) is 157 Å². The number of aliphatic hydroxyl groups is 1. The molecule has 0 fully saturated rings. The summed E-state index contributed by atoms with van der Waals surface area (Å²) in [5.41, 5.74) is 8.09. The van der Waals surface area contributed by atoms with E-state index in [9.17, 15) is 14.3 Å². The van der Waals surface area contributed by atoms with Gasteiger partial charge in [0, 0.05) is 44.1 Å². The molecule has 0 saturated carbocycles. The number of azide groups is 1. The lowest BCUT2D eigenvalue weighted by Crippen LogP contribution is -2.24. The molecule has 0 rings (SSSR count). The largest absolute Gasteiger partial charge is 0.756 e. The van der Waals surface area contributed by atoms with Crippen LogP contribution in [0.5, 0.6) is 0 Å². The van der Waals surface area contributed by atoms with Gasteiger partial charge in [0.25, 0.3) is 7.82 Å². The zero-order valence-electron chi connectivity index (χ0n) is 13.2. The summed E-state index contributed by atoms with van der Waals surface area (Å²) in [6.07, 6.45) is 2.81. The van der Waals surface area contributed by atoms with Crippen LogP contribution in [0.3, 0.4) is 0 Å². The molecule has 0 saturated heterocycles. The highest BCUT2D eigenvalue weighted by atomic mass is 31.2. The van der Waals surface area contributed by atoms with Crippen LogP contribution in [0, 0.1) is 5.92 Å². The van der Waals surface area contributed by atoms with E-state index in [1.54, 1.807) is 0 Å². The smallest absolute Gasteiger partial charge is 0.267 e. The van der Waals surface area contributed by atoms with Gasteiger partial charge in [-0.05, 0) is 24.8 Å². The van der Waals surface area contributed by atoms with E-state index in [0.29, 0.717) is 45.2 Å². The third-order valence-electron chi connectivity index (χ3n) is 3.04. The molecular weight excluding hydrogens is 327 g/mol. The molecule has 2 unspecified atom stereocenters. The van der Waals surface area contributed by atoms with Gasteiger partial charge in [0.2, 0.25) is 5.91 Å². The number of hydrogen-bond donors (Lipinski definition) is 2. The van der Waals surface area contributed by atoms with Gasteiger partial charge in [-0.25, -0.2) is 0 Å². The molecule has 10 nitrogen and oxygen atoms in total. The minimum atomic E-state index is -4.26. The molecule has 0 aromatic heterocycles. The summed E-state index contributed by atoms with van der Waals surface area (Å²) < 4.78 is 19.8. The highest BCUT2D eigenvalue weighted by molar-refractivity contribution is 7.45. The van der Waals surface area contributed by atoms with Crippen LogP contribution >= 0.6 is 7.82 Å². The lowest BCUT2D eigenvalue weighted by molar-refractivity contribution is -0.224. The summed E-state index contributed by atoms with van der Waals surface area (Å²) in [5, 5.41) is 15.2. The Bertz CT molecular complexity index is 430. The summed E-state index contributed by atoms with van der Waals surface area (Å²) in [4.78, 5) is 25.0. The number of nitrogens with zero attached hydrogens (tertiary/aromatic N) is 3. The van der Waals surface area contributed by atoms with Gasteiger partial charge in [0.15, 0.2) is 0 Å². The zero-order valence-corrected chi connectivity index (χ0v) is 14.1. The van der Waals surface area contributed by atoms with Gasteiger partial charge in [-0.15, -0.1) is 0 Å². The van der Waals surface area contributed by atoms with E-state index in [1.165, 1.54) is 0 Å². The van der Waals surface area contributed by atoms with Crippen molar-refractivity contribution in [3.05, 3.63) is 10.4 Å². The van der Waals surface area contributed by atoms with E-state index in [2.05, 4.69) is 24.4 Å². The first-order valence-electron chi connectivity index (χ1n) is 7.35. The Kier molecular flexibility index (Phi) is 12.6. The molecule has 0 aliphatic rings. The average molecular weight is 351 g/mol. The highest BCUT2D eigenvalue weighted by Crippen LogP contribution is 2.37. The van der Waals surface area contributed by atoms with Crippen molar-refractivity contribution in [3.63, 3.8) is 0 Å². The molecule has 0 aromatic rings. The van der Waals surface area contributed by atoms with Crippen molar-refractivity contribution in [1.29, 1.82) is 0 Å². The fraction of sp³-hybridized carbons (Fsp3) is 0.917. The number of carbonyl (C=O) groups excluding carboxylic acids is 1. The molecule has 0 aliphatic heterocycles. The Morgan fingerprint density at radius 2 is 2.22 bits per heavy atom. The number of hydrogen-bond acceptors (Lipinski definition) is 7. The van der Waals surface area contributed by atoms with Crippen LogP contribution in [0.25, 0.3) is 10.4 Å². The van der Waals surface area contributed by atoms with Crippen molar-refractivity contribution in [2.24, 2.45) is 11.0 Å². The molecule has 0 aromatic carbocycles. The Morgan fingerprint density at radius 3 is 2.83 bits per heavy atom. The van der Waals surface area contributed by atoms with Crippen LogP contribution in [0.4, 0.5) is 0 Å². The predicted octanol–water partition coefficient (Wildman–Crippen LogP) is 1.10. The fourth-order valence-corrected chi connectivity index (χ4v) is 2.20. The molecule has 0 bridgehead atoms. The fourth-order valence-electron chi connectivity index (χ4n) is 1.71. The SMILES string of the molecule is COP(=O)([O-])OCC(CO)CCCCNC(=O)CCCN=[N+]=[N-]. The van der Waals surface area contributed by atoms with Gasteiger partial charge in [0.05, 0.1) is 6.61 Å². The van der Waals surface area contributed by atoms with Gasteiger partial charge in [-0.1, -0.05) is 11.5 Å². The van der Waals surface area contributed by atoms with Crippen molar-refractivity contribution < 1.29 is 28.4 Å². The minimum absolute atomic E-state index is 0.104. The maximum atomic E-state index is 11.4. The predicted molar refractivity (Wildman–Crippen MR) is 81.3 cm³/mol. The number of phosphoric ester groups is 1. The summed E-state index contributed by atoms with van der Waals surface area (Å²) in [6.45, 7) is 0.483. The maximum absolute atomic E-state index is 11.4. The van der Waals surface area contributed by atoms with E-state index in [0.717, 1.165) is 7.11 Å². The second-order valence-electron chi connectivity index (χ2n) is 4.88. The van der Waals surface area contributed by atoms with Gasteiger partial charge in [-0.3, -0.25) is 9.36 Å². The number of nitrogens with one attached hydrogen (secondary N) is 1. The molecule has 0 heterocycles. The molecule has 0 spiro atoms. The third-order valence-corrected chi connectivity index (χ3v) is 3.95. The summed E-state index contributed by atoms with van der Waals surface area (Å²) in [5.74, 6) is -0.403. The van der Waals surface area contributed by atoms with Crippen molar-refractivity contribution in [3.8, 4) is 0 Å². The highest BCUT2D eigenvalue weighted by Gasteiger charge is 2.13. The quantitative estimate of drug-likeness (QED) is 0.157. The first-order valence-corrected chi connectivity index (χ1v) is 8.81. The Balaban J connectivity index is 3.69. The number of phosphoric acid groups is 1. The van der Waals surface area contributed by atoms with Crippen molar-refractivity contribution >= 4 is 13.7 Å². The Labute approximate surface area is 135 Å². The van der Waals surface area contributed by atoms with E-state index < -0.39 is 7.82 Å². The molecule has 0 radical (unpaired) electrons. The van der Waals surface area contributed by atoms with Crippen molar-refractivity contribution in [1.82, 2.24) is 5.32 Å². The number of unbranched alkanes of at least 4 members (excludes halogenated alkanes) is 1. The normalized spacial score (nSPS) is 14.6. The first kappa shape index (κ1) is 21.9. The number of aliphatic hydroxyl groups excluding tert-OH is 1. The first-order chi connectivity index (χ1) is 10.9. The second kappa shape index (κ2) is 13.3. The monoisotopic (exact) mass is 351 g/mol. The molecule has 134 valence electrons. The Hall–Kier alpha value is -1.15. The number of rotatable bonds is 14. The van der Waals surface area contributed by atoms with Crippen molar-refractivity contribution in [2.45, 2.75) is 32.1 Å². The lowest BCUT2D eigenvalue weighted by Gasteiger charge is -2.23. The van der Waals surface area contributed by atoms with Crippen LogP contribution in [0.2, 0.25) is 0 Å². The molecule has 2 N–H and O–H groups in total. The number of carbonyl (C=O) groups is 1. The summed E-state index contributed by atoms with van der Waals surface area (Å²) in [7, 11) is -3.25. The summed E-state index contributed by atoms with van der Waals surface area (Å²) >= 11 is 0. The van der Waals surface area contributed by atoms with Crippen LogP contribution in [0.1, 0.15) is 32.1 Å². The van der Waals surface area contributed by atoms with Crippen LogP contribution in [-0.2, 0) is 18.4 Å². The van der Waals surface area contributed by atoms with Crippen LogP contribution in [0.15, 0.2) is 5.11 Å². The molecular formula is C12H24N4O6P-. The standard InChI is InChI=1S/C12H25N4O6P/c1-21-23(19,20)22-10-11(9-17)5-2-3-7-14-12(18)6-4-8-15-16-13/h11,17H,2-10H2,1H3,(H,14,18)(H,19,20)/p-1. The average Bonchev–Trinajstić information content (AvgIpc) is 2.54. The zero-order chi connectivity index (χ0) is 17.6. The van der Waals surface area contributed by atoms with E-state index in [1.807, 2.05) is 0 Å². The molecule has 1 amide bonds. The van der Waals surface area contributed by atoms with E-state index in [-0.39, 0.29) is 25.0 Å². The number of amides is 1. The van der Waals surface area contributed by atoms with E-state index >= 15 is 0 Å². The van der Waals surface area contributed by atoms with Crippen LogP contribution in [-0.4, -0.2) is 44.4 Å².